The highest BCUT2D eigenvalue weighted by atomic mass is 32.2. The summed E-state index contributed by atoms with van der Waals surface area (Å²) >= 11 is 3.02. The van der Waals surface area contributed by atoms with E-state index >= 15 is 0 Å². The zero-order valence-corrected chi connectivity index (χ0v) is 17.9. The Balaban J connectivity index is 2.05. The summed E-state index contributed by atoms with van der Waals surface area (Å²) in [6.07, 6.45) is 5.71. The fourth-order valence-electron chi connectivity index (χ4n) is 3.63. The summed E-state index contributed by atoms with van der Waals surface area (Å²) in [4.78, 5) is 17.5. The number of aryl methyl sites for hydroxylation is 1. The molecule has 2 heterocycles. The minimum atomic E-state index is -0.382. The zero-order chi connectivity index (χ0) is 19.8. The highest BCUT2D eigenvalue weighted by molar-refractivity contribution is 7.98. The van der Waals surface area contributed by atoms with E-state index in [1.807, 2.05) is 23.1 Å². The molecule has 146 valence electrons. The lowest BCUT2D eigenvalue weighted by Crippen LogP contribution is -2.13. The monoisotopic (exact) mass is 415 g/mol. The molecule has 2 aromatic heterocycles. The van der Waals surface area contributed by atoms with E-state index < -0.39 is 0 Å². The Bertz CT molecular complexity index is 1080. The van der Waals surface area contributed by atoms with Crippen molar-refractivity contribution in [2.75, 3.05) is 26.2 Å². The molecule has 0 amide bonds. The lowest BCUT2D eigenvalue weighted by atomic mass is 9.89. The van der Waals surface area contributed by atoms with Crippen LogP contribution >= 0.6 is 23.5 Å². The Hall–Kier alpha value is -2.19. The lowest BCUT2D eigenvalue weighted by molar-refractivity contribution is 0.0524. The number of ether oxygens (including phenoxy) is 2. The molecule has 0 unspecified atom stereocenters. The average molecular weight is 416 g/mol. The third-order valence-corrected chi connectivity index (χ3v) is 6.27. The van der Waals surface area contributed by atoms with Crippen LogP contribution in [0.5, 0.6) is 5.75 Å². The van der Waals surface area contributed by atoms with Gasteiger partial charge in [0, 0.05) is 11.1 Å². The highest BCUT2D eigenvalue weighted by Crippen LogP contribution is 2.40. The van der Waals surface area contributed by atoms with Crippen LogP contribution in [0.4, 0.5) is 0 Å². The van der Waals surface area contributed by atoms with E-state index in [0.717, 1.165) is 34.9 Å². The Labute approximate surface area is 172 Å². The van der Waals surface area contributed by atoms with Gasteiger partial charge in [0.2, 0.25) is 0 Å². The van der Waals surface area contributed by atoms with Crippen molar-refractivity contribution in [3.63, 3.8) is 0 Å². The van der Waals surface area contributed by atoms with E-state index in [-0.39, 0.29) is 5.97 Å². The molecule has 0 atom stereocenters. The predicted octanol–water partition coefficient (Wildman–Crippen LogP) is 4.12. The van der Waals surface area contributed by atoms with Gasteiger partial charge in [0.15, 0.2) is 5.65 Å². The summed E-state index contributed by atoms with van der Waals surface area (Å²) in [7, 11) is 1.68. The minimum absolute atomic E-state index is 0.312. The van der Waals surface area contributed by atoms with Crippen LogP contribution in [0.3, 0.4) is 0 Å². The third kappa shape index (κ3) is 2.95. The number of methoxy groups -OCH3 is 1. The van der Waals surface area contributed by atoms with Gasteiger partial charge < -0.3 is 9.47 Å². The summed E-state index contributed by atoms with van der Waals surface area (Å²) in [5.41, 5.74) is 5.48. The van der Waals surface area contributed by atoms with E-state index in [0.29, 0.717) is 22.8 Å². The molecule has 0 saturated carbocycles. The number of hydrogen-bond acceptors (Lipinski definition) is 7. The van der Waals surface area contributed by atoms with Crippen LogP contribution < -0.4 is 4.74 Å². The summed E-state index contributed by atoms with van der Waals surface area (Å²) in [6.45, 7) is 2.11. The highest BCUT2D eigenvalue weighted by Gasteiger charge is 2.29. The van der Waals surface area contributed by atoms with Gasteiger partial charge in [0.05, 0.1) is 19.4 Å². The van der Waals surface area contributed by atoms with Crippen LogP contribution in [-0.2, 0) is 17.6 Å². The fraction of sp³-hybridized carbons (Fsp3) is 0.350. The van der Waals surface area contributed by atoms with Gasteiger partial charge in [-0.2, -0.15) is 5.10 Å². The first-order valence-corrected chi connectivity index (χ1v) is 11.5. The Morgan fingerprint density at radius 3 is 2.68 bits per heavy atom. The second-order valence-corrected chi connectivity index (χ2v) is 7.90. The van der Waals surface area contributed by atoms with Crippen molar-refractivity contribution < 1.29 is 14.3 Å². The van der Waals surface area contributed by atoms with E-state index in [1.54, 1.807) is 25.8 Å². The molecule has 0 bridgehead atoms. The largest absolute Gasteiger partial charge is 0.497 e. The first-order chi connectivity index (χ1) is 13.6. The molecule has 28 heavy (non-hydrogen) atoms. The standard InChI is InChI=1S/C20H21N3O3S2/c1-5-26-20(24)15-17-21-18(27-3)14-8-6-11-10-12(25-2)7-9-13(11)16(14)23(17)22-19(15)28-4/h7,9-10H,5-6,8H2,1-4H3. The second-order valence-electron chi connectivity index (χ2n) is 6.31. The Morgan fingerprint density at radius 2 is 2.00 bits per heavy atom. The molecule has 6 nitrogen and oxygen atoms in total. The zero-order valence-electron chi connectivity index (χ0n) is 16.2. The van der Waals surface area contributed by atoms with Gasteiger partial charge in [0.25, 0.3) is 0 Å². The van der Waals surface area contributed by atoms with Crippen LogP contribution in [0, 0.1) is 0 Å². The van der Waals surface area contributed by atoms with Crippen LogP contribution in [-0.4, -0.2) is 46.8 Å². The second kappa shape index (κ2) is 7.67. The molecule has 0 N–H and O–H groups in total. The molecule has 3 aromatic rings. The molecule has 0 radical (unpaired) electrons. The van der Waals surface area contributed by atoms with E-state index in [1.165, 1.54) is 22.9 Å². The Morgan fingerprint density at radius 1 is 1.21 bits per heavy atom. The molecule has 1 aliphatic rings. The molecule has 1 aliphatic carbocycles. The topological polar surface area (TPSA) is 65.7 Å². The van der Waals surface area contributed by atoms with Gasteiger partial charge in [-0.05, 0) is 56.0 Å². The van der Waals surface area contributed by atoms with Gasteiger partial charge in [-0.15, -0.1) is 23.5 Å². The molecule has 0 spiro atoms. The van der Waals surface area contributed by atoms with E-state index in [9.17, 15) is 4.79 Å². The first-order valence-electron chi connectivity index (χ1n) is 9.00. The van der Waals surface area contributed by atoms with Crippen molar-refractivity contribution in [1.29, 1.82) is 0 Å². The van der Waals surface area contributed by atoms with Crippen molar-refractivity contribution >= 4 is 35.1 Å². The number of thioether (sulfide) groups is 2. The van der Waals surface area contributed by atoms with Crippen molar-refractivity contribution in [2.45, 2.75) is 29.8 Å². The lowest BCUT2D eigenvalue weighted by Gasteiger charge is -2.22. The molecule has 0 aliphatic heterocycles. The van der Waals surface area contributed by atoms with Crippen molar-refractivity contribution in [3.8, 4) is 17.0 Å². The van der Waals surface area contributed by atoms with Crippen molar-refractivity contribution in [2.24, 2.45) is 0 Å². The summed E-state index contributed by atoms with van der Waals surface area (Å²) in [5.74, 6) is 0.460. The van der Waals surface area contributed by atoms with Gasteiger partial charge in [-0.1, -0.05) is 0 Å². The van der Waals surface area contributed by atoms with Crippen LogP contribution in [0.2, 0.25) is 0 Å². The number of hydrogen-bond donors (Lipinski definition) is 0. The number of esters is 1. The molecular weight excluding hydrogens is 394 g/mol. The van der Waals surface area contributed by atoms with E-state index in [4.69, 9.17) is 19.6 Å². The minimum Gasteiger partial charge on any atom is -0.497 e. The molecule has 0 saturated heterocycles. The third-order valence-electron chi connectivity index (χ3n) is 4.87. The van der Waals surface area contributed by atoms with Crippen LogP contribution in [0.1, 0.15) is 28.4 Å². The van der Waals surface area contributed by atoms with Gasteiger partial charge >= 0.3 is 5.97 Å². The molecule has 4 rings (SSSR count). The van der Waals surface area contributed by atoms with Gasteiger partial charge in [0.1, 0.15) is 21.4 Å². The van der Waals surface area contributed by atoms with Crippen LogP contribution in [0.25, 0.3) is 16.9 Å². The van der Waals surface area contributed by atoms with Crippen molar-refractivity contribution in [1.82, 2.24) is 14.6 Å². The number of carbonyl (C=O) groups is 1. The number of rotatable bonds is 5. The fourth-order valence-corrected chi connectivity index (χ4v) is 4.80. The maximum absolute atomic E-state index is 12.6. The normalized spacial score (nSPS) is 12.6. The Kier molecular flexibility index (Phi) is 5.25. The van der Waals surface area contributed by atoms with Gasteiger partial charge in [-0.25, -0.2) is 14.3 Å². The number of carbonyl (C=O) groups excluding carboxylic acids is 1. The maximum Gasteiger partial charge on any atom is 0.344 e. The molecule has 1 aromatic carbocycles. The van der Waals surface area contributed by atoms with Crippen molar-refractivity contribution in [3.05, 3.63) is 34.9 Å². The predicted molar refractivity (Wildman–Crippen MR) is 112 cm³/mol. The summed E-state index contributed by atoms with van der Waals surface area (Å²) < 4.78 is 12.5. The number of aromatic nitrogens is 3. The van der Waals surface area contributed by atoms with Gasteiger partial charge in [-0.3, -0.25) is 0 Å². The molecule has 8 heteroatoms. The maximum atomic E-state index is 12.6. The van der Waals surface area contributed by atoms with E-state index in [2.05, 4.69) is 12.1 Å². The summed E-state index contributed by atoms with van der Waals surface area (Å²) in [6, 6.07) is 6.11. The smallest absolute Gasteiger partial charge is 0.344 e. The number of fused-ring (bicyclic) bond motifs is 5. The number of nitrogens with zero attached hydrogens (tertiary/aromatic N) is 3. The number of benzene rings is 1. The SMILES string of the molecule is CCOC(=O)c1c(SC)nn2c3c(c(SC)nc12)CCc1cc(OC)ccc1-3. The average Bonchev–Trinajstić information content (AvgIpc) is 3.10. The van der Waals surface area contributed by atoms with Crippen LogP contribution in [0.15, 0.2) is 28.3 Å². The molecule has 0 fully saturated rings. The molecular formula is C20H21N3O3S2. The summed E-state index contributed by atoms with van der Waals surface area (Å²) in [5, 5.41) is 6.30. The quantitative estimate of drug-likeness (QED) is 0.353. The first kappa shape index (κ1) is 19.1.